The summed E-state index contributed by atoms with van der Waals surface area (Å²) < 4.78 is 37.6. The van der Waals surface area contributed by atoms with Crippen LogP contribution < -0.4 is 5.73 Å². The van der Waals surface area contributed by atoms with Gasteiger partial charge in [0.25, 0.3) is 0 Å². The molecule has 2 N–H and O–H groups in total. The predicted molar refractivity (Wildman–Crippen MR) is 62.9 cm³/mol. The number of benzene rings is 1. The third kappa shape index (κ3) is 3.00. The first-order chi connectivity index (χ1) is 8.45. The van der Waals surface area contributed by atoms with Crippen LogP contribution in [0.2, 0.25) is 0 Å². The fraction of sp³-hybridized carbons (Fsp3) is 0.154. The highest BCUT2D eigenvalue weighted by Gasteiger charge is 2.30. The van der Waals surface area contributed by atoms with E-state index in [2.05, 4.69) is 4.98 Å². The zero-order valence-electron chi connectivity index (χ0n) is 9.41. The first-order valence-electron chi connectivity index (χ1n) is 5.32. The molecule has 0 bridgehead atoms. The van der Waals surface area contributed by atoms with E-state index in [0.717, 1.165) is 17.7 Å². The van der Waals surface area contributed by atoms with Crippen LogP contribution in [0, 0.1) is 0 Å². The zero-order chi connectivity index (χ0) is 13.2. The number of nitrogens with zero attached hydrogens (tertiary/aromatic N) is 1. The average Bonchev–Trinajstić information content (AvgIpc) is 2.31. The number of rotatable bonds is 2. The highest BCUT2D eigenvalue weighted by atomic mass is 19.4. The Hall–Kier alpha value is -2.04. The smallest absolute Gasteiger partial charge is 0.384 e. The van der Waals surface area contributed by atoms with Gasteiger partial charge in [0, 0.05) is 6.20 Å². The van der Waals surface area contributed by atoms with Gasteiger partial charge in [-0.05, 0) is 29.7 Å². The molecule has 0 fully saturated rings. The number of nitrogen functional groups attached to an aromatic ring is 1. The lowest BCUT2D eigenvalue weighted by Crippen LogP contribution is -2.05. The molecule has 0 aliphatic carbocycles. The molecule has 2 nitrogen and oxygen atoms in total. The van der Waals surface area contributed by atoms with Gasteiger partial charge >= 0.3 is 6.18 Å². The number of halogens is 3. The van der Waals surface area contributed by atoms with Crippen LogP contribution in [0.25, 0.3) is 0 Å². The number of nitrogens with two attached hydrogens (primary N) is 1. The van der Waals surface area contributed by atoms with E-state index in [1.54, 1.807) is 24.4 Å². The fourth-order valence-corrected chi connectivity index (χ4v) is 1.63. The monoisotopic (exact) mass is 252 g/mol. The van der Waals surface area contributed by atoms with Crippen LogP contribution in [0.1, 0.15) is 16.7 Å². The van der Waals surface area contributed by atoms with Gasteiger partial charge in [-0.2, -0.15) is 13.2 Å². The zero-order valence-corrected chi connectivity index (χ0v) is 9.41. The quantitative estimate of drug-likeness (QED) is 0.890. The molecule has 2 rings (SSSR count). The number of pyridine rings is 1. The van der Waals surface area contributed by atoms with Crippen LogP contribution in [0.4, 0.5) is 19.0 Å². The highest BCUT2D eigenvalue weighted by Crippen LogP contribution is 2.29. The van der Waals surface area contributed by atoms with Gasteiger partial charge in [-0.25, -0.2) is 4.98 Å². The third-order valence-electron chi connectivity index (χ3n) is 2.51. The van der Waals surface area contributed by atoms with Gasteiger partial charge in [0.15, 0.2) is 0 Å². The molecule has 0 atom stereocenters. The lowest BCUT2D eigenvalue weighted by atomic mass is 10.0. The summed E-state index contributed by atoms with van der Waals surface area (Å²) in [5.41, 5.74) is 6.22. The molecule has 0 spiro atoms. The van der Waals surface area contributed by atoms with E-state index in [4.69, 9.17) is 5.73 Å². The molecule has 0 aliphatic rings. The molecule has 0 amide bonds. The van der Waals surface area contributed by atoms with E-state index >= 15 is 0 Å². The number of aromatic nitrogens is 1. The Morgan fingerprint density at radius 3 is 2.44 bits per heavy atom. The van der Waals surface area contributed by atoms with Crippen LogP contribution >= 0.6 is 0 Å². The molecule has 1 aromatic heterocycles. The summed E-state index contributed by atoms with van der Waals surface area (Å²) in [4.78, 5) is 3.90. The van der Waals surface area contributed by atoms with E-state index in [9.17, 15) is 13.2 Å². The molecule has 1 aromatic carbocycles. The van der Waals surface area contributed by atoms with Crippen molar-refractivity contribution in [2.45, 2.75) is 12.6 Å². The van der Waals surface area contributed by atoms with Gasteiger partial charge in [0.2, 0.25) is 0 Å². The molecular formula is C13H11F3N2. The van der Waals surface area contributed by atoms with E-state index in [1.807, 2.05) is 0 Å². The largest absolute Gasteiger partial charge is 0.416 e. The summed E-state index contributed by atoms with van der Waals surface area (Å²) >= 11 is 0. The third-order valence-corrected chi connectivity index (χ3v) is 2.51. The first-order valence-corrected chi connectivity index (χ1v) is 5.32. The van der Waals surface area contributed by atoms with Crippen LogP contribution in [0.5, 0.6) is 0 Å². The Kier molecular flexibility index (Phi) is 3.23. The second-order valence-corrected chi connectivity index (χ2v) is 3.97. The molecular weight excluding hydrogens is 241 g/mol. The maximum atomic E-state index is 12.5. The number of alkyl halides is 3. The molecule has 0 saturated carbocycles. The molecule has 18 heavy (non-hydrogen) atoms. The molecule has 2 aromatic rings. The topological polar surface area (TPSA) is 38.9 Å². The second-order valence-electron chi connectivity index (χ2n) is 3.97. The summed E-state index contributed by atoms with van der Waals surface area (Å²) in [5, 5.41) is 0. The maximum absolute atomic E-state index is 12.5. The Balaban J connectivity index is 2.22. The van der Waals surface area contributed by atoms with Crippen molar-refractivity contribution in [1.29, 1.82) is 0 Å². The average molecular weight is 252 g/mol. The Bertz CT molecular complexity index is 533. The first kappa shape index (κ1) is 12.4. The number of hydrogen-bond acceptors (Lipinski definition) is 2. The second kappa shape index (κ2) is 4.68. The lowest BCUT2D eigenvalue weighted by Gasteiger charge is -2.08. The molecule has 0 aliphatic heterocycles. The van der Waals surface area contributed by atoms with Gasteiger partial charge in [-0.3, -0.25) is 0 Å². The predicted octanol–water partition coefficient (Wildman–Crippen LogP) is 3.27. The Labute approximate surface area is 102 Å². The van der Waals surface area contributed by atoms with Crippen LogP contribution in [-0.4, -0.2) is 4.98 Å². The van der Waals surface area contributed by atoms with Gasteiger partial charge in [-0.1, -0.05) is 24.3 Å². The van der Waals surface area contributed by atoms with E-state index < -0.39 is 11.7 Å². The van der Waals surface area contributed by atoms with Crippen molar-refractivity contribution in [3.8, 4) is 0 Å². The van der Waals surface area contributed by atoms with Gasteiger partial charge in [-0.15, -0.1) is 0 Å². The summed E-state index contributed by atoms with van der Waals surface area (Å²) in [7, 11) is 0. The molecule has 0 unspecified atom stereocenters. The summed E-state index contributed by atoms with van der Waals surface area (Å²) in [6.45, 7) is 0. The van der Waals surface area contributed by atoms with Crippen LogP contribution in [0.15, 0.2) is 42.6 Å². The number of anilines is 1. The van der Waals surface area contributed by atoms with Crippen molar-refractivity contribution in [2.24, 2.45) is 0 Å². The van der Waals surface area contributed by atoms with Crippen molar-refractivity contribution in [2.75, 3.05) is 5.73 Å². The van der Waals surface area contributed by atoms with Crippen molar-refractivity contribution < 1.29 is 13.2 Å². The molecule has 0 radical (unpaired) electrons. The van der Waals surface area contributed by atoms with E-state index in [-0.39, 0.29) is 0 Å². The fourth-order valence-electron chi connectivity index (χ4n) is 1.63. The van der Waals surface area contributed by atoms with Crippen molar-refractivity contribution in [3.05, 3.63) is 59.3 Å². The SMILES string of the molecule is Nc1ccc(Cc2cccc(C(F)(F)F)c2)cn1. The maximum Gasteiger partial charge on any atom is 0.416 e. The van der Waals surface area contributed by atoms with Gasteiger partial charge in [0.1, 0.15) is 5.82 Å². The standard InChI is InChI=1S/C13H11F3N2/c14-13(15,16)11-3-1-2-9(7-11)6-10-4-5-12(17)18-8-10/h1-5,7-8H,6H2,(H2,17,18). The van der Waals surface area contributed by atoms with E-state index in [0.29, 0.717) is 17.8 Å². The summed E-state index contributed by atoms with van der Waals surface area (Å²) in [6, 6.07) is 8.65. The van der Waals surface area contributed by atoms with Crippen molar-refractivity contribution in [3.63, 3.8) is 0 Å². The van der Waals surface area contributed by atoms with Crippen molar-refractivity contribution in [1.82, 2.24) is 4.98 Å². The minimum absolute atomic E-state index is 0.391. The normalized spacial score (nSPS) is 11.5. The highest BCUT2D eigenvalue weighted by molar-refractivity contribution is 5.33. The molecule has 94 valence electrons. The Morgan fingerprint density at radius 1 is 1.06 bits per heavy atom. The van der Waals surface area contributed by atoms with Crippen LogP contribution in [-0.2, 0) is 12.6 Å². The minimum Gasteiger partial charge on any atom is -0.384 e. The molecule has 5 heteroatoms. The Morgan fingerprint density at radius 2 is 1.83 bits per heavy atom. The van der Waals surface area contributed by atoms with E-state index in [1.165, 1.54) is 6.07 Å². The number of hydrogen-bond donors (Lipinski definition) is 1. The van der Waals surface area contributed by atoms with Gasteiger partial charge < -0.3 is 5.73 Å². The molecule has 0 saturated heterocycles. The van der Waals surface area contributed by atoms with Crippen LogP contribution in [0.3, 0.4) is 0 Å². The lowest BCUT2D eigenvalue weighted by molar-refractivity contribution is -0.137. The minimum atomic E-state index is -4.31. The summed E-state index contributed by atoms with van der Waals surface area (Å²) in [5.74, 6) is 0.391. The summed E-state index contributed by atoms with van der Waals surface area (Å²) in [6.07, 6.45) is -2.35. The van der Waals surface area contributed by atoms with Gasteiger partial charge in [0.05, 0.1) is 5.56 Å². The molecule has 1 heterocycles. The van der Waals surface area contributed by atoms with Crippen molar-refractivity contribution >= 4 is 5.82 Å².